The van der Waals surface area contributed by atoms with E-state index in [4.69, 9.17) is 8.83 Å². The summed E-state index contributed by atoms with van der Waals surface area (Å²) in [5.74, 6) is 0. The quantitative estimate of drug-likeness (QED) is 0.172. The van der Waals surface area contributed by atoms with E-state index in [0.717, 1.165) is 44.8 Å². The van der Waals surface area contributed by atoms with E-state index in [1.807, 2.05) is 0 Å². The minimum atomic E-state index is -0.582. The molecule has 0 saturated carbocycles. The van der Waals surface area contributed by atoms with E-state index in [2.05, 4.69) is 271 Å². The molecule has 0 aliphatic heterocycles. The van der Waals surface area contributed by atoms with Gasteiger partial charge in [-0.05, 0) is 175 Å². The molecule has 2 atom stereocenters. The number of furan rings is 2. The molecule has 0 bridgehead atoms. The lowest BCUT2D eigenvalue weighted by atomic mass is 9.65. The molecule has 13 aromatic rings. The Balaban J connectivity index is 0.887. The molecule has 2 heterocycles. The molecule has 3 heteroatoms. The topological polar surface area (TPSA) is 29.5 Å². The second-order valence-corrected chi connectivity index (χ2v) is 24.1. The van der Waals surface area contributed by atoms with E-state index < -0.39 is 10.8 Å². The van der Waals surface area contributed by atoms with Crippen molar-refractivity contribution in [3.63, 3.8) is 0 Å². The van der Waals surface area contributed by atoms with Gasteiger partial charge >= 0.3 is 0 Å². The molecule has 11 aromatic carbocycles. The summed E-state index contributed by atoms with van der Waals surface area (Å²) >= 11 is 0. The lowest BCUT2D eigenvalue weighted by molar-refractivity contribution is 0.647. The van der Waals surface area contributed by atoms with Crippen molar-refractivity contribution in [3.05, 3.63) is 280 Å². The van der Waals surface area contributed by atoms with Crippen molar-refractivity contribution in [1.29, 1.82) is 0 Å². The number of para-hydroxylation sites is 3. The van der Waals surface area contributed by atoms with E-state index in [-0.39, 0.29) is 10.8 Å². The van der Waals surface area contributed by atoms with Crippen LogP contribution in [0.25, 0.3) is 88.4 Å². The van der Waals surface area contributed by atoms with E-state index in [1.54, 1.807) is 0 Å². The Morgan fingerprint density at radius 2 is 0.810 bits per heavy atom. The summed E-state index contributed by atoms with van der Waals surface area (Å²) in [6, 6.07) is 83.8. The summed E-state index contributed by atoms with van der Waals surface area (Å²) in [5, 5.41) is 4.72. The van der Waals surface area contributed by atoms with E-state index in [0.29, 0.717) is 0 Å². The van der Waals surface area contributed by atoms with Gasteiger partial charge in [-0.15, -0.1) is 0 Å². The smallest absolute Gasteiger partial charge is 0.144 e. The van der Waals surface area contributed by atoms with Crippen molar-refractivity contribution in [3.8, 4) is 44.5 Å². The van der Waals surface area contributed by atoms with Crippen LogP contribution in [-0.2, 0) is 21.7 Å². The lowest BCUT2D eigenvalue weighted by Crippen LogP contribution is -2.30. The SMILES string of the molecule is CC1(C)c2cc(N(c3ccccc3)c3ccc4c(c3)C(C)(c3ccccc3)c3c5c(c6oc7ccccc7c6c3-4)-c3ccccc3C5(C)c3ccccc3)ccc2-c2cc3c(cc21)-c1c(ccc2oc4ccccc4c12)C3(C)C. The third-order valence-corrected chi connectivity index (χ3v) is 19.6. The van der Waals surface area contributed by atoms with E-state index in [9.17, 15) is 0 Å². The number of benzene rings is 11. The number of hydrogen-bond acceptors (Lipinski definition) is 3. The van der Waals surface area contributed by atoms with Crippen molar-refractivity contribution in [2.75, 3.05) is 4.90 Å². The normalized spacial score (nSPS) is 18.3. The maximum Gasteiger partial charge on any atom is 0.144 e. The third kappa shape index (κ3) is 5.57. The fraction of sp³-hybridized carbons (Fsp3) is 0.132. The predicted molar refractivity (Wildman–Crippen MR) is 326 cm³/mol. The van der Waals surface area contributed by atoms with Gasteiger partial charge in [0.2, 0.25) is 0 Å². The average Bonchev–Trinajstić information content (AvgIpc) is 2.96. The Bertz CT molecular complexity index is 4800. The first-order valence-electron chi connectivity index (χ1n) is 28.0. The molecular weight excluding hydrogens is 959 g/mol. The molecule has 0 spiro atoms. The summed E-state index contributed by atoms with van der Waals surface area (Å²) in [6.45, 7) is 14.6. The molecular formula is C76H55NO2. The molecule has 3 nitrogen and oxygen atoms in total. The summed E-state index contributed by atoms with van der Waals surface area (Å²) in [5.41, 5.74) is 29.0. The Morgan fingerprint density at radius 1 is 0.304 bits per heavy atom. The van der Waals surface area contributed by atoms with Gasteiger partial charge in [-0.25, -0.2) is 0 Å². The first-order valence-corrected chi connectivity index (χ1v) is 28.0. The summed E-state index contributed by atoms with van der Waals surface area (Å²) in [4.78, 5) is 2.49. The van der Waals surface area contributed by atoms with Crippen LogP contribution in [0.15, 0.2) is 233 Å². The van der Waals surface area contributed by atoms with Crippen LogP contribution in [0.5, 0.6) is 0 Å². The number of nitrogens with zero attached hydrogens (tertiary/aromatic N) is 1. The van der Waals surface area contributed by atoms with Gasteiger partial charge in [0.05, 0.1) is 0 Å². The molecule has 4 aliphatic rings. The maximum absolute atomic E-state index is 7.22. The summed E-state index contributed by atoms with van der Waals surface area (Å²) in [6.07, 6.45) is 0. The Hall–Kier alpha value is -9.18. The Kier molecular flexibility index (Phi) is 8.70. The Labute approximate surface area is 460 Å². The van der Waals surface area contributed by atoms with Crippen LogP contribution < -0.4 is 4.90 Å². The molecule has 2 aromatic heterocycles. The third-order valence-electron chi connectivity index (χ3n) is 19.6. The Morgan fingerprint density at radius 3 is 1.52 bits per heavy atom. The molecule has 17 rings (SSSR count). The predicted octanol–water partition coefficient (Wildman–Crippen LogP) is 20.2. The molecule has 79 heavy (non-hydrogen) atoms. The van der Waals surface area contributed by atoms with Crippen LogP contribution in [0.4, 0.5) is 17.1 Å². The van der Waals surface area contributed by atoms with Crippen molar-refractivity contribution < 1.29 is 8.83 Å². The van der Waals surface area contributed by atoms with Gasteiger partial charge in [0, 0.05) is 65.8 Å². The van der Waals surface area contributed by atoms with Crippen LogP contribution in [0.2, 0.25) is 0 Å². The highest BCUT2D eigenvalue weighted by molar-refractivity contribution is 6.21. The fourth-order valence-electron chi connectivity index (χ4n) is 15.8. The highest BCUT2D eigenvalue weighted by atomic mass is 16.3. The highest BCUT2D eigenvalue weighted by Gasteiger charge is 2.53. The maximum atomic E-state index is 7.22. The van der Waals surface area contributed by atoms with Gasteiger partial charge in [-0.1, -0.05) is 185 Å². The van der Waals surface area contributed by atoms with E-state index in [1.165, 1.54) is 116 Å². The monoisotopic (exact) mass is 1010 g/mol. The zero-order valence-corrected chi connectivity index (χ0v) is 45.1. The van der Waals surface area contributed by atoms with Crippen molar-refractivity contribution in [1.82, 2.24) is 0 Å². The largest absolute Gasteiger partial charge is 0.456 e. The molecule has 0 radical (unpaired) electrons. The van der Waals surface area contributed by atoms with Crippen LogP contribution >= 0.6 is 0 Å². The van der Waals surface area contributed by atoms with Gasteiger partial charge in [0.15, 0.2) is 0 Å². The van der Waals surface area contributed by atoms with Gasteiger partial charge in [-0.3, -0.25) is 0 Å². The molecule has 0 fully saturated rings. The van der Waals surface area contributed by atoms with Crippen LogP contribution in [0.1, 0.15) is 97.2 Å². The number of anilines is 3. The number of hydrogen-bond donors (Lipinski definition) is 0. The first-order chi connectivity index (χ1) is 38.5. The molecule has 0 saturated heterocycles. The molecule has 376 valence electrons. The number of fused-ring (bicyclic) bond motifs is 22. The molecule has 0 N–H and O–H groups in total. The molecule has 4 aliphatic carbocycles. The fourth-order valence-corrected chi connectivity index (χ4v) is 15.8. The standard InChI is InChI=1S/C76H55NO2/c1-73(2)57-38-39-64-66(52-29-17-20-32-62(52)78-64)65(57)55-43-59-54(42-60(55)73)49-36-34-47(40-58(49)74(59,3)4)77(46-26-14-9-15-27-46)48-35-37-51-61(41-48)76(6,45-24-12-8-13-25-45)70-67(51)68-53-30-18-21-33-63(53)79-72(68)69-50-28-16-19-31-56(50)75(5,71(69)70)44-22-10-7-11-23-44/h7-43H,1-6H3. The minimum Gasteiger partial charge on any atom is -0.456 e. The summed E-state index contributed by atoms with van der Waals surface area (Å²) in [7, 11) is 0. The minimum absolute atomic E-state index is 0.189. The average molecular weight is 1010 g/mol. The molecule has 2 unspecified atom stereocenters. The molecule has 0 amide bonds. The van der Waals surface area contributed by atoms with Crippen molar-refractivity contribution >= 4 is 60.9 Å². The van der Waals surface area contributed by atoms with Gasteiger partial charge in [-0.2, -0.15) is 0 Å². The van der Waals surface area contributed by atoms with Gasteiger partial charge < -0.3 is 13.7 Å². The van der Waals surface area contributed by atoms with E-state index >= 15 is 0 Å². The zero-order valence-electron chi connectivity index (χ0n) is 45.1. The van der Waals surface area contributed by atoms with Gasteiger partial charge in [0.25, 0.3) is 0 Å². The second kappa shape index (κ2) is 15.3. The second-order valence-electron chi connectivity index (χ2n) is 24.1. The van der Waals surface area contributed by atoms with Crippen molar-refractivity contribution in [2.45, 2.75) is 63.2 Å². The van der Waals surface area contributed by atoms with Crippen LogP contribution in [-0.4, -0.2) is 0 Å². The van der Waals surface area contributed by atoms with Crippen LogP contribution in [0.3, 0.4) is 0 Å². The van der Waals surface area contributed by atoms with Gasteiger partial charge in [0.1, 0.15) is 22.3 Å². The van der Waals surface area contributed by atoms with Crippen LogP contribution in [0, 0.1) is 0 Å². The zero-order chi connectivity index (χ0) is 52.9. The first kappa shape index (κ1) is 44.9. The van der Waals surface area contributed by atoms with Crippen molar-refractivity contribution in [2.24, 2.45) is 0 Å². The number of rotatable bonds is 5. The lowest BCUT2D eigenvalue weighted by Gasteiger charge is -2.36. The summed E-state index contributed by atoms with van der Waals surface area (Å²) < 4.78 is 13.7. The highest BCUT2D eigenvalue weighted by Crippen LogP contribution is 2.67.